The second-order valence-electron chi connectivity index (χ2n) is 10.3. The number of nitrogens with zero attached hydrogens (tertiary/aromatic N) is 3. The maximum absolute atomic E-state index is 15.8. The zero-order chi connectivity index (χ0) is 24.6. The van der Waals surface area contributed by atoms with Gasteiger partial charge in [-0.25, -0.2) is 14.8 Å². The van der Waals surface area contributed by atoms with Gasteiger partial charge in [-0.15, -0.1) is 0 Å². The van der Waals surface area contributed by atoms with Gasteiger partial charge in [0.15, 0.2) is 0 Å². The first kappa shape index (κ1) is 23.4. The summed E-state index contributed by atoms with van der Waals surface area (Å²) in [5.41, 5.74) is 12.0. The lowest BCUT2D eigenvalue weighted by atomic mass is 9.71. The normalized spacial score (nSPS) is 28.7. The standard InChI is InChI=1S/C27H33FN6O2/c1-2-17-11-19(35)3-4-20(17)21-5-6-22-25(24(21)28)32-33-26(22)27-29-13-23(31-27)18-7-9-34(10-8-18)14-16-12-30-36-15-16/h3-4,7,11-13,15,21-22,24-26,32-33,35H,2,5-6,8-10,14H2,1H3,(H,29,31). The second-order valence-corrected chi connectivity index (χ2v) is 10.3. The summed E-state index contributed by atoms with van der Waals surface area (Å²) < 4.78 is 20.8. The van der Waals surface area contributed by atoms with Crippen LogP contribution in [0.25, 0.3) is 5.57 Å². The number of hydrogen-bond donors (Lipinski definition) is 4. The minimum atomic E-state index is -1.01. The van der Waals surface area contributed by atoms with Crippen LogP contribution in [-0.2, 0) is 13.0 Å². The van der Waals surface area contributed by atoms with Crippen LogP contribution in [0.5, 0.6) is 5.75 Å². The fraction of sp³-hybridized carbons (Fsp3) is 0.481. The number of rotatable bonds is 6. The number of halogens is 1. The van der Waals surface area contributed by atoms with Gasteiger partial charge in [0.2, 0.25) is 0 Å². The first-order valence-corrected chi connectivity index (χ1v) is 12.9. The summed E-state index contributed by atoms with van der Waals surface area (Å²) in [7, 11) is 0. The van der Waals surface area contributed by atoms with Crippen LogP contribution in [0.3, 0.4) is 0 Å². The van der Waals surface area contributed by atoms with Gasteiger partial charge in [0.05, 0.1) is 30.2 Å². The number of hydrazine groups is 1. The molecule has 2 aromatic heterocycles. The number of phenols is 1. The van der Waals surface area contributed by atoms with Crippen molar-refractivity contribution in [3.05, 3.63) is 71.1 Å². The Kier molecular flexibility index (Phi) is 6.37. The molecule has 1 aromatic carbocycles. The molecular weight excluding hydrogens is 459 g/mol. The zero-order valence-corrected chi connectivity index (χ0v) is 20.5. The Hall–Kier alpha value is -3.01. The summed E-state index contributed by atoms with van der Waals surface area (Å²) >= 11 is 0. The number of benzene rings is 1. The minimum absolute atomic E-state index is 0.0531. The molecule has 2 fully saturated rings. The largest absolute Gasteiger partial charge is 0.508 e. The van der Waals surface area contributed by atoms with E-state index in [-0.39, 0.29) is 29.7 Å². The van der Waals surface area contributed by atoms with Crippen LogP contribution in [0.1, 0.15) is 66.4 Å². The number of hydrogen-bond acceptors (Lipinski definition) is 7. The van der Waals surface area contributed by atoms with Crippen molar-refractivity contribution in [1.29, 1.82) is 0 Å². The van der Waals surface area contributed by atoms with E-state index in [4.69, 9.17) is 9.51 Å². The minimum Gasteiger partial charge on any atom is -0.508 e. The fourth-order valence-electron chi connectivity index (χ4n) is 6.23. The Morgan fingerprint density at radius 3 is 2.92 bits per heavy atom. The van der Waals surface area contributed by atoms with Crippen LogP contribution < -0.4 is 10.9 Å². The third-order valence-electron chi connectivity index (χ3n) is 8.16. The highest BCUT2D eigenvalue weighted by atomic mass is 19.1. The molecule has 0 amide bonds. The van der Waals surface area contributed by atoms with Gasteiger partial charge in [0, 0.05) is 37.0 Å². The highest BCUT2D eigenvalue weighted by molar-refractivity contribution is 5.63. The predicted molar refractivity (Wildman–Crippen MR) is 134 cm³/mol. The number of aromatic hydroxyl groups is 1. The maximum Gasteiger partial charge on any atom is 0.128 e. The number of aromatic nitrogens is 3. The summed E-state index contributed by atoms with van der Waals surface area (Å²) in [5, 5.41) is 13.6. The zero-order valence-electron chi connectivity index (χ0n) is 20.5. The molecule has 0 bridgehead atoms. The van der Waals surface area contributed by atoms with Gasteiger partial charge in [-0.2, -0.15) is 0 Å². The summed E-state index contributed by atoms with van der Waals surface area (Å²) in [4.78, 5) is 10.6. The number of fused-ring (bicyclic) bond motifs is 1. The van der Waals surface area contributed by atoms with Gasteiger partial charge in [-0.1, -0.05) is 24.2 Å². The molecule has 4 heterocycles. The first-order valence-electron chi connectivity index (χ1n) is 12.9. The van der Waals surface area contributed by atoms with E-state index in [1.807, 2.05) is 19.2 Å². The number of aryl methyl sites for hydroxylation is 1. The van der Waals surface area contributed by atoms with Gasteiger partial charge in [0.25, 0.3) is 0 Å². The lowest BCUT2D eigenvalue weighted by molar-refractivity contribution is 0.135. The van der Waals surface area contributed by atoms with Crippen molar-refractivity contribution in [2.24, 2.45) is 5.92 Å². The second kappa shape index (κ2) is 9.80. The molecule has 4 N–H and O–H groups in total. The van der Waals surface area contributed by atoms with Crippen LogP contribution in [-0.4, -0.2) is 50.4 Å². The molecule has 190 valence electrons. The van der Waals surface area contributed by atoms with Crippen molar-refractivity contribution >= 4 is 5.57 Å². The van der Waals surface area contributed by atoms with E-state index in [1.165, 1.54) is 5.57 Å². The molecule has 0 spiro atoms. The van der Waals surface area contributed by atoms with Crippen molar-refractivity contribution in [1.82, 2.24) is 30.9 Å². The Balaban J connectivity index is 1.13. The average molecular weight is 493 g/mol. The smallest absolute Gasteiger partial charge is 0.128 e. The Morgan fingerprint density at radius 1 is 1.22 bits per heavy atom. The summed E-state index contributed by atoms with van der Waals surface area (Å²) in [5.74, 6) is 1.06. The number of H-pyrrole nitrogens is 1. The number of imidazole rings is 1. The molecule has 1 aliphatic carbocycles. The van der Waals surface area contributed by atoms with E-state index in [2.05, 4.69) is 32.0 Å². The van der Waals surface area contributed by atoms with E-state index < -0.39 is 6.17 Å². The van der Waals surface area contributed by atoms with Gasteiger partial charge in [-0.05, 0) is 54.5 Å². The molecule has 2 aliphatic heterocycles. The van der Waals surface area contributed by atoms with Crippen LogP contribution in [0.4, 0.5) is 4.39 Å². The van der Waals surface area contributed by atoms with E-state index in [0.29, 0.717) is 0 Å². The fourth-order valence-corrected chi connectivity index (χ4v) is 6.23. The highest BCUT2D eigenvalue weighted by Crippen LogP contribution is 2.45. The lowest BCUT2D eigenvalue weighted by Crippen LogP contribution is -2.45. The molecular formula is C27H33FN6O2. The van der Waals surface area contributed by atoms with Crippen molar-refractivity contribution < 1.29 is 14.0 Å². The predicted octanol–water partition coefficient (Wildman–Crippen LogP) is 4.00. The van der Waals surface area contributed by atoms with E-state index in [0.717, 1.165) is 73.5 Å². The van der Waals surface area contributed by atoms with Crippen LogP contribution >= 0.6 is 0 Å². The topological polar surface area (TPSA) is 102 Å². The van der Waals surface area contributed by atoms with Crippen molar-refractivity contribution in [2.75, 3.05) is 13.1 Å². The highest BCUT2D eigenvalue weighted by Gasteiger charge is 2.48. The summed E-state index contributed by atoms with van der Waals surface area (Å²) in [6.45, 7) is 4.71. The molecule has 6 rings (SSSR count). The molecule has 9 heteroatoms. The average Bonchev–Trinajstić information content (AvgIpc) is 3.66. The number of aromatic amines is 1. The third-order valence-corrected chi connectivity index (χ3v) is 8.16. The van der Waals surface area contributed by atoms with Gasteiger partial charge < -0.3 is 14.6 Å². The van der Waals surface area contributed by atoms with Crippen molar-refractivity contribution in [3.8, 4) is 5.75 Å². The molecule has 5 unspecified atom stereocenters. The molecule has 36 heavy (non-hydrogen) atoms. The lowest BCUT2D eigenvalue weighted by Gasteiger charge is -2.36. The molecule has 0 radical (unpaired) electrons. The maximum atomic E-state index is 15.8. The van der Waals surface area contributed by atoms with Gasteiger partial charge in [0.1, 0.15) is 24.0 Å². The monoisotopic (exact) mass is 492 g/mol. The molecule has 3 aromatic rings. The van der Waals surface area contributed by atoms with E-state index >= 15 is 4.39 Å². The quantitative estimate of drug-likeness (QED) is 0.412. The Bertz CT molecular complexity index is 1220. The molecule has 5 atom stereocenters. The Morgan fingerprint density at radius 2 is 2.14 bits per heavy atom. The van der Waals surface area contributed by atoms with Crippen molar-refractivity contribution in [3.63, 3.8) is 0 Å². The van der Waals surface area contributed by atoms with E-state index in [1.54, 1.807) is 24.6 Å². The third kappa shape index (κ3) is 4.36. The molecule has 1 saturated carbocycles. The SMILES string of the molecule is CCc1cc(O)ccc1C1CCC2C(c3ncc(C4=CCN(Cc5cnoc5)CC4)[nH]3)NNC2C1F. The van der Waals surface area contributed by atoms with Gasteiger partial charge in [-0.3, -0.25) is 10.3 Å². The number of nitrogens with one attached hydrogen (secondary N) is 3. The van der Waals surface area contributed by atoms with Crippen LogP contribution in [0.2, 0.25) is 0 Å². The van der Waals surface area contributed by atoms with Gasteiger partial charge >= 0.3 is 0 Å². The molecule has 1 saturated heterocycles. The Labute approximate surface area is 209 Å². The number of alkyl halides is 1. The number of phenolic OH excluding ortho intramolecular Hbond substituents is 1. The molecule has 8 nitrogen and oxygen atoms in total. The molecule has 3 aliphatic rings. The van der Waals surface area contributed by atoms with E-state index in [9.17, 15) is 5.11 Å². The summed E-state index contributed by atoms with van der Waals surface area (Å²) in [6.07, 6.45) is 10.0. The summed E-state index contributed by atoms with van der Waals surface area (Å²) in [6, 6.07) is 5.02. The van der Waals surface area contributed by atoms with Crippen molar-refractivity contribution in [2.45, 2.75) is 63.3 Å². The first-order chi connectivity index (χ1) is 17.6. The van der Waals surface area contributed by atoms with Crippen LogP contribution in [0.15, 0.2) is 47.5 Å². The van der Waals surface area contributed by atoms with Crippen LogP contribution in [0, 0.1) is 5.92 Å².